The van der Waals surface area contributed by atoms with Crippen LogP contribution in [0.2, 0.25) is 0 Å². The lowest BCUT2D eigenvalue weighted by molar-refractivity contribution is -0.143. The van der Waals surface area contributed by atoms with Gasteiger partial charge in [-0.15, -0.1) is 0 Å². The summed E-state index contributed by atoms with van der Waals surface area (Å²) in [7, 11) is 0. The quantitative estimate of drug-likeness (QED) is 0.389. The average molecular weight is 489 g/mol. The second-order valence-electron chi connectivity index (χ2n) is 10.2. The van der Waals surface area contributed by atoms with Crippen molar-refractivity contribution >= 4 is 23.8 Å². The Morgan fingerprint density at radius 1 is 1.17 bits per heavy atom. The zero-order chi connectivity index (χ0) is 26.2. The van der Waals surface area contributed by atoms with Gasteiger partial charge in [-0.1, -0.05) is 50.6 Å². The zero-order valence-corrected chi connectivity index (χ0v) is 21.5. The van der Waals surface area contributed by atoms with Crippen LogP contribution in [-0.4, -0.2) is 52.9 Å². The number of hydrogen-bond acceptors (Lipinski definition) is 5. The van der Waals surface area contributed by atoms with Crippen molar-refractivity contribution in [1.29, 1.82) is 0 Å². The molecule has 1 aromatic carbocycles. The molecule has 0 aromatic heterocycles. The van der Waals surface area contributed by atoms with Crippen LogP contribution in [-0.2, 0) is 19.1 Å². The summed E-state index contributed by atoms with van der Waals surface area (Å²) in [5.74, 6) is -1.10. The van der Waals surface area contributed by atoms with Gasteiger partial charge in [-0.05, 0) is 51.5 Å². The highest BCUT2D eigenvalue weighted by atomic mass is 16.6. The molecule has 4 N–H and O–H groups in total. The molecule has 0 bridgehead atoms. The van der Waals surface area contributed by atoms with Gasteiger partial charge in [0.25, 0.3) is 0 Å². The summed E-state index contributed by atoms with van der Waals surface area (Å²) in [6.07, 6.45) is 1.62. The molecule has 9 heteroatoms. The Hall–Kier alpha value is -3.10. The molecule has 4 atom stereocenters. The van der Waals surface area contributed by atoms with E-state index in [1.807, 2.05) is 44.2 Å². The Kier molecular flexibility index (Phi) is 10.1. The number of primary amides is 1. The molecule has 0 heterocycles. The molecule has 9 nitrogen and oxygen atoms in total. The summed E-state index contributed by atoms with van der Waals surface area (Å²) in [5.41, 5.74) is 5.25. The number of ether oxygens (including phenoxy) is 1. The molecule has 0 spiro atoms. The first-order valence-corrected chi connectivity index (χ1v) is 12.4. The Morgan fingerprint density at radius 2 is 1.80 bits per heavy atom. The lowest BCUT2D eigenvalue weighted by Crippen LogP contribution is -2.54. The smallest absolute Gasteiger partial charge is 0.408 e. The van der Waals surface area contributed by atoms with Crippen molar-refractivity contribution in [3.63, 3.8) is 0 Å². The SMILES string of the molecule is CCCCNC(=O)C(c1ccccc1)N(C(=O)C(CCC(N)=O)NC(=O)OC(C)(C)C)C1CC1C. The van der Waals surface area contributed by atoms with E-state index in [0.717, 1.165) is 19.3 Å². The number of unbranched alkanes of at least 4 members (excludes halogenated alkanes) is 1. The molecule has 0 saturated heterocycles. The van der Waals surface area contributed by atoms with Gasteiger partial charge >= 0.3 is 6.09 Å². The Labute approximate surface area is 208 Å². The van der Waals surface area contributed by atoms with Gasteiger partial charge in [0.2, 0.25) is 17.7 Å². The van der Waals surface area contributed by atoms with Crippen molar-refractivity contribution in [2.24, 2.45) is 11.7 Å². The largest absolute Gasteiger partial charge is 0.444 e. The van der Waals surface area contributed by atoms with E-state index in [9.17, 15) is 19.2 Å². The number of carbonyl (C=O) groups is 4. The van der Waals surface area contributed by atoms with Crippen LogP contribution in [0.25, 0.3) is 0 Å². The second kappa shape index (κ2) is 12.6. The van der Waals surface area contributed by atoms with Gasteiger partial charge in [0, 0.05) is 19.0 Å². The summed E-state index contributed by atoms with van der Waals surface area (Å²) in [6.45, 7) is 9.71. The molecule has 1 saturated carbocycles. The molecule has 0 radical (unpaired) electrons. The van der Waals surface area contributed by atoms with Gasteiger partial charge in [-0.25, -0.2) is 4.79 Å². The first-order valence-electron chi connectivity index (χ1n) is 12.4. The second-order valence-corrected chi connectivity index (χ2v) is 10.2. The number of alkyl carbamates (subject to hydrolysis) is 1. The summed E-state index contributed by atoms with van der Waals surface area (Å²) >= 11 is 0. The van der Waals surface area contributed by atoms with Crippen LogP contribution in [0.15, 0.2) is 30.3 Å². The molecule has 4 amide bonds. The number of nitrogens with one attached hydrogen (secondary N) is 2. The van der Waals surface area contributed by atoms with Crippen LogP contribution in [0.4, 0.5) is 4.79 Å². The number of nitrogens with two attached hydrogens (primary N) is 1. The molecular weight excluding hydrogens is 448 g/mol. The minimum absolute atomic E-state index is 0.00394. The molecule has 4 unspecified atom stereocenters. The number of nitrogens with zero attached hydrogens (tertiary/aromatic N) is 1. The lowest BCUT2D eigenvalue weighted by Gasteiger charge is -2.35. The van der Waals surface area contributed by atoms with Crippen molar-refractivity contribution in [3.8, 4) is 0 Å². The molecule has 1 aliphatic carbocycles. The molecular formula is C26H40N4O5. The molecule has 1 fully saturated rings. The van der Waals surface area contributed by atoms with Crippen molar-refractivity contribution in [3.05, 3.63) is 35.9 Å². The maximum Gasteiger partial charge on any atom is 0.408 e. The van der Waals surface area contributed by atoms with Crippen LogP contribution >= 0.6 is 0 Å². The highest BCUT2D eigenvalue weighted by Gasteiger charge is 2.48. The minimum atomic E-state index is -1.07. The monoisotopic (exact) mass is 488 g/mol. The van der Waals surface area contributed by atoms with Crippen LogP contribution in [0.1, 0.15) is 78.3 Å². The van der Waals surface area contributed by atoms with Crippen LogP contribution in [0.5, 0.6) is 0 Å². The van der Waals surface area contributed by atoms with Crippen LogP contribution in [0, 0.1) is 5.92 Å². The maximum absolute atomic E-state index is 14.0. The molecule has 1 aliphatic rings. The van der Waals surface area contributed by atoms with E-state index in [4.69, 9.17) is 10.5 Å². The molecule has 1 aromatic rings. The van der Waals surface area contributed by atoms with Gasteiger partial charge in [0.1, 0.15) is 17.7 Å². The van der Waals surface area contributed by atoms with E-state index in [1.54, 1.807) is 25.7 Å². The Balaban J connectivity index is 2.41. The third-order valence-corrected chi connectivity index (χ3v) is 5.82. The normalized spacial score (nSPS) is 18.7. The third kappa shape index (κ3) is 8.88. The van der Waals surface area contributed by atoms with Crippen molar-refractivity contribution < 1.29 is 23.9 Å². The number of carbonyl (C=O) groups excluding carboxylic acids is 4. The predicted octanol–water partition coefficient (Wildman–Crippen LogP) is 3.04. The molecule has 0 aliphatic heterocycles. The number of hydrogen-bond donors (Lipinski definition) is 3. The molecule has 2 rings (SSSR count). The van der Waals surface area contributed by atoms with Gasteiger partial charge in [-0.3, -0.25) is 14.4 Å². The van der Waals surface area contributed by atoms with Crippen LogP contribution < -0.4 is 16.4 Å². The molecule has 35 heavy (non-hydrogen) atoms. The van der Waals surface area contributed by atoms with E-state index in [1.165, 1.54) is 0 Å². The topological polar surface area (TPSA) is 131 Å². The Morgan fingerprint density at radius 3 is 2.31 bits per heavy atom. The van der Waals surface area contributed by atoms with Gasteiger partial charge in [0.05, 0.1) is 0 Å². The highest BCUT2D eigenvalue weighted by Crippen LogP contribution is 2.40. The minimum Gasteiger partial charge on any atom is -0.444 e. The average Bonchev–Trinajstić information content (AvgIpc) is 3.49. The predicted molar refractivity (Wildman–Crippen MR) is 133 cm³/mol. The third-order valence-electron chi connectivity index (χ3n) is 5.82. The number of benzene rings is 1. The fourth-order valence-electron chi connectivity index (χ4n) is 3.90. The zero-order valence-electron chi connectivity index (χ0n) is 21.5. The highest BCUT2D eigenvalue weighted by molar-refractivity contribution is 5.93. The summed E-state index contributed by atoms with van der Waals surface area (Å²) in [5, 5.41) is 5.57. The van der Waals surface area contributed by atoms with E-state index >= 15 is 0 Å². The summed E-state index contributed by atoms with van der Waals surface area (Å²) < 4.78 is 5.34. The fourth-order valence-corrected chi connectivity index (χ4v) is 3.90. The lowest BCUT2D eigenvalue weighted by atomic mass is 10.0. The standard InChI is InChI=1S/C26H40N4O5/c1-6-7-15-28-23(32)22(18-11-9-8-10-12-18)30(20-16-17(20)2)24(33)19(13-14-21(27)31)29-25(34)35-26(3,4)5/h8-12,17,19-20,22H,6-7,13-16H2,1-5H3,(H2,27,31)(H,28,32)(H,29,34). The van der Waals surface area contributed by atoms with E-state index in [2.05, 4.69) is 10.6 Å². The van der Waals surface area contributed by atoms with Gasteiger partial charge in [0.15, 0.2) is 0 Å². The summed E-state index contributed by atoms with van der Waals surface area (Å²) in [4.78, 5) is 53.0. The number of amides is 4. The first-order chi connectivity index (χ1) is 16.4. The van der Waals surface area contributed by atoms with E-state index in [-0.39, 0.29) is 30.7 Å². The van der Waals surface area contributed by atoms with Crippen LogP contribution in [0.3, 0.4) is 0 Å². The van der Waals surface area contributed by atoms with E-state index < -0.39 is 35.6 Å². The van der Waals surface area contributed by atoms with Crippen molar-refractivity contribution in [1.82, 2.24) is 15.5 Å². The van der Waals surface area contributed by atoms with Gasteiger partial charge < -0.3 is 26.0 Å². The van der Waals surface area contributed by atoms with Crippen molar-refractivity contribution in [2.45, 2.75) is 90.4 Å². The molecule has 194 valence electrons. The van der Waals surface area contributed by atoms with Crippen molar-refractivity contribution in [2.75, 3.05) is 6.54 Å². The van der Waals surface area contributed by atoms with E-state index in [0.29, 0.717) is 12.1 Å². The first kappa shape index (κ1) is 28.1. The summed E-state index contributed by atoms with van der Waals surface area (Å²) in [6, 6.07) is 7.02. The fraction of sp³-hybridized carbons (Fsp3) is 0.615. The van der Waals surface area contributed by atoms with Gasteiger partial charge in [-0.2, -0.15) is 0 Å². The number of rotatable bonds is 12. The maximum atomic E-state index is 14.0. The Bertz CT molecular complexity index is 883.